The predicted molar refractivity (Wildman–Crippen MR) is 141 cm³/mol. The Hall–Kier alpha value is -2.79. The minimum absolute atomic E-state index is 0. The highest BCUT2D eigenvalue weighted by Crippen LogP contribution is 2.42. The number of aryl methyl sites for hydroxylation is 1. The molecule has 4 aromatic rings. The smallest absolute Gasteiger partial charge is 0.232 e. The number of benzene rings is 1. The molecule has 0 unspecified atom stereocenters. The molecule has 0 aliphatic carbocycles. The number of halogens is 2. The number of hydrogen-bond donors (Lipinski definition) is 2. The van der Waals surface area contributed by atoms with Crippen LogP contribution in [0.4, 0.5) is 5.82 Å². The van der Waals surface area contributed by atoms with Gasteiger partial charge in [-0.05, 0) is 38.8 Å². The van der Waals surface area contributed by atoms with Crippen LogP contribution in [0.15, 0.2) is 18.3 Å². The number of anilines is 1. The average Bonchev–Trinajstić information content (AvgIpc) is 3.40. The second-order valence-corrected chi connectivity index (χ2v) is 9.88. The molecule has 1 aromatic carbocycles. The predicted octanol–water partition coefficient (Wildman–Crippen LogP) is 3.69. The van der Waals surface area contributed by atoms with E-state index in [-0.39, 0.29) is 30.0 Å². The third-order valence-corrected chi connectivity index (χ3v) is 7.93. The number of ether oxygens (including phenoxy) is 2. The zero-order chi connectivity index (χ0) is 24.3. The van der Waals surface area contributed by atoms with Crippen LogP contribution in [-0.2, 0) is 4.74 Å². The number of hydrogen-bond acceptors (Lipinski definition) is 9. The molecule has 0 bridgehead atoms. The highest BCUT2D eigenvalue weighted by Gasteiger charge is 2.47. The first-order chi connectivity index (χ1) is 16.9. The lowest BCUT2D eigenvalue weighted by Gasteiger charge is -2.41. The van der Waals surface area contributed by atoms with Gasteiger partial charge in [-0.2, -0.15) is 5.10 Å². The van der Waals surface area contributed by atoms with Crippen LogP contribution >= 0.6 is 24.0 Å². The van der Waals surface area contributed by atoms with Crippen molar-refractivity contribution in [2.75, 3.05) is 31.7 Å². The number of H-pyrrole nitrogens is 1. The van der Waals surface area contributed by atoms with Crippen molar-refractivity contribution in [2.24, 2.45) is 11.1 Å². The Morgan fingerprint density at radius 1 is 1.19 bits per heavy atom. The first-order valence-corrected chi connectivity index (χ1v) is 12.1. The fourth-order valence-corrected chi connectivity index (χ4v) is 5.64. The average molecular weight is 531 g/mol. The van der Waals surface area contributed by atoms with Crippen LogP contribution in [0.2, 0.25) is 5.02 Å². The maximum Gasteiger partial charge on any atom is 0.232 e. The van der Waals surface area contributed by atoms with Crippen LogP contribution in [0.3, 0.4) is 0 Å². The molecule has 2 atom stereocenters. The molecule has 5 heterocycles. The van der Waals surface area contributed by atoms with E-state index in [1.54, 1.807) is 13.3 Å². The molecular weight excluding hydrogens is 503 g/mol. The summed E-state index contributed by atoms with van der Waals surface area (Å²) in [6.45, 7) is 6.51. The number of nitrogens with one attached hydrogen (secondary N) is 1. The van der Waals surface area contributed by atoms with Gasteiger partial charge < -0.3 is 20.1 Å². The number of nitrogens with zero attached hydrogens (tertiary/aromatic N) is 6. The van der Waals surface area contributed by atoms with Gasteiger partial charge in [-0.25, -0.2) is 19.9 Å². The van der Waals surface area contributed by atoms with Crippen LogP contribution in [-0.4, -0.2) is 69.1 Å². The summed E-state index contributed by atoms with van der Waals surface area (Å²) in [5, 5.41) is 8.00. The van der Waals surface area contributed by atoms with Gasteiger partial charge in [-0.1, -0.05) is 11.6 Å². The highest BCUT2D eigenvalue weighted by atomic mass is 35.5. The molecular formula is C24H28Cl2N8O2. The van der Waals surface area contributed by atoms with Gasteiger partial charge in [0.15, 0.2) is 11.5 Å². The van der Waals surface area contributed by atoms with Crippen LogP contribution < -0.4 is 15.4 Å². The first-order valence-electron chi connectivity index (χ1n) is 11.7. The van der Waals surface area contributed by atoms with Gasteiger partial charge in [0.05, 0.1) is 42.3 Å². The van der Waals surface area contributed by atoms with Crippen molar-refractivity contribution in [3.8, 4) is 17.1 Å². The molecule has 0 radical (unpaired) electrons. The Kier molecular flexibility index (Phi) is 6.40. The van der Waals surface area contributed by atoms with Crippen molar-refractivity contribution in [3.63, 3.8) is 0 Å². The number of nitrogens with two attached hydrogens (primary N) is 1. The van der Waals surface area contributed by atoms with Crippen LogP contribution in [0.1, 0.15) is 25.5 Å². The molecule has 0 saturated carbocycles. The van der Waals surface area contributed by atoms with E-state index in [0.717, 1.165) is 44.0 Å². The number of methoxy groups -OCH3 is 1. The van der Waals surface area contributed by atoms with Crippen molar-refractivity contribution in [1.29, 1.82) is 0 Å². The Balaban J connectivity index is 0.00000267. The molecule has 3 N–H and O–H groups in total. The minimum atomic E-state index is 0. The lowest BCUT2D eigenvalue weighted by molar-refractivity contribution is 0.0974. The molecule has 6 rings (SSSR count). The normalized spacial score (nSPS) is 21.3. The lowest BCUT2D eigenvalue weighted by atomic mass is 9.73. The summed E-state index contributed by atoms with van der Waals surface area (Å²) < 4.78 is 11.1. The van der Waals surface area contributed by atoms with E-state index in [9.17, 15) is 0 Å². The van der Waals surface area contributed by atoms with Gasteiger partial charge in [0.2, 0.25) is 5.88 Å². The van der Waals surface area contributed by atoms with Gasteiger partial charge in [0, 0.05) is 30.1 Å². The third kappa shape index (κ3) is 3.83. The van der Waals surface area contributed by atoms with E-state index in [0.29, 0.717) is 44.4 Å². The SMILES string of the molecule is COc1cnc2ccc(-c3n[nH]c4nc(N5CCC6(CC5)CO[C@@H](C)[C@H]6N)c(C)nc34)c(Cl)c2n1.Cl. The highest BCUT2D eigenvalue weighted by molar-refractivity contribution is 6.38. The Labute approximate surface area is 219 Å². The number of piperidine rings is 1. The standard InChI is InChI=1S/C24H27ClN8O2.ClH/c1-12-23(33-8-6-24(7-9-33)11-35-13(2)21(24)26)30-22-20(28-12)18(31-32-22)14-4-5-15-19(17(14)25)29-16(34-3)10-27-15;/h4-5,10,13,21H,6-9,11,26H2,1-3H3,(H,30,31,32);1H/t13-,21+;/m0./s1. The van der Waals surface area contributed by atoms with E-state index >= 15 is 0 Å². The fraction of sp³-hybridized carbons (Fsp3) is 0.458. The second-order valence-electron chi connectivity index (χ2n) is 9.50. The molecule has 0 amide bonds. The maximum absolute atomic E-state index is 6.75. The number of aromatic amines is 1. The first kappa shape index (κ1) is 24.9. The van der Waals surface area contributed by atoms with Gasteiger partial charge in [-0.3, -0.25) is 5.10 Å². The van der Waals surface area contributed by atoms with E-state index in [2.05, 4.69) is 32.0 Å². The Morgan fingerprint density at radius 2 is 1.97 bits per heavy atom. The number of rotatable bonds is 3. The van der Waals surface area contributed by atoms with Crippen LogP contribution in [0.25, 0.3) is 33.5 Å². The summed E-state index contributed by atoms with van der Waals surface area (Å²) in [4.78, 5) is 20.9. The van der Waals surface area contributed by atoms with E-state index < -0.39 is 0 Å². The van der Waals surface area contributed by atoms with Crippen LogP contribution in [0.5, 0.6) is 5.88 Å². The second kappa shape index (κ2) is 9.26. The number of aromatic nitrogens is 6. The lowest BCUT2D eigenvalue weighted by Crippen LogP contribution is -2.50. The topological polar surface area (TPSA) is 128 Å². The summed E-state index contributed by atoms with van der Waals surface area (Å²) >= 11 is 6.75. The molecule has 36 heavy (non-hydrogen) atoms. The molecule has 1 spiro atoms. The third-order valence-electron chi connectivity index (χ3n) is 7.54. The maximum atomic E-state index is 6.75. The molecule has 2 aliphatic rings. The van der Waals surface area contributed by atoms with Gasteiger partial charge >= 0.3 is 0 Å². The molecule has 2 fully saturated rings. The van der Waals surface area contributed by atoms with Crippen molar-refractivity contribution < 1.29 is 9.47 Å². The summed E-state index contributed by atoms with van der Waals surface area (Å²) in [5.41, 5.74) is 11.2. The molecule has 10 nitrogen and oxygen atoms in total. The zero-order valence-electron chi connectivity index (χ0n) is 20.3. The largest absolute Gasteiger partial charge is 0.480 e. The van der Waals surface area contributed by atoms with E-state index in [1.807, 2.05) is 19.1 Å². The van der Waals surface area contributed by atoms with E-state index in [4.69, 9.17) is 36.8 Å². The van der Waals surface area contributed by atoms with Crippen molar-refractivity contribution in [1.82, 2.24) is 30.1 Å². The van der Waals surface area contributed by atoms with Crippen LogP contribution in [0, 0.1) is 12.3 Å². The van der Waals surface area contributed by atoms with Crippen molar-refractivity contribution in [2.45, 2.75) is 38.8 Å². The van der Waals surface area contributed by atoms with E-state index in [1.165, 1.54) is 0 Å². The summed E-state index contributed by atoms with van der Waals surface area (Å²) in [5.74, 6) is 1.26. The zero-order valence-corrected chi connectivity index (χ0v) is 21.9. The van der Waals surface area contributed by atoms with Crippen molar-refractivity contribution in [3.05, 3.63) is 29.0 Å². The summed E-state index contributed by atoms with van der Waals surface area (Å²) in [6, 6.07) is 3.82. The number of fused-ring (bicyclic) bond motifs is 2. The molecule has 190 valence electrons. The summed E-state index contributed by atoms with van der Waals surface area (Å²) in [7, 11) is 1.54. The minimum Gasteiger partial charge on any atom is -0.480 e. The van der Waals surface area contributed by atoms with Crippen molar-refractivity contribution >= 4 is 52.0 Å². The molecule has 2 aliphatic heterocycles. The molecule has 2 saturated heterocycles. The quantitative estimate of drug-likeness (QED) is 0.407. The molecule has 3 aromatic heterocycles. The summed E-state index contributed by atoms with van der Waals surface area (Å²) in [6.07, 6.45) is 3.62. The van der Waals surface area contributed by atoms with Gasteiger partial charge in [0.1, 0.15) is 16.7 Å². The molecule has 12 heteroatoms. The monoisotopic (exact) mass is 530 g/mol. The fourth-order valence-electron chi connectivity index (χ4n) is 5.35. The van der Waals surface area contributed by atoms with Gasteiger partial charge in [0.25, 0.3) is 0 Å². The Morgan fingerprint density at radius 3 is 2.67 bits per heavy atom. The Bertz CT molecular complexity index is 1440. The van der Waals surface area contributed by atoms with Gasteiger partial charge in [-0.15, -0.1) is 12.4 Å².